The number of rotatable bonds is 3. The fourth-order valence-electron chi connectivity index (χ4n) is 2.09. The van der Waals surface area contributed by atoms with E-state index in [0.29, 0.717) is 5.92 Å². The second-order valence-electron chi connectivity index (χ2n) is 4.74. The average Bonchev–Trinajstić information content (AvgIpc) is 2.12. The number of hydrogen-bond acceptors (Lipinski definition) is 1. The Kier molecular flexibility index (Phi) is 3.30. The zero-order valence-electron chi connectivity index (χ0n) is 9.47. The lowest BCUT2D eigenvalue weighted by Gasteiger charge is -2.35. The minimum absolute atomic E-state index is 0.0974. The van der Waals surface area contributed by atoms with Crippen molar-refractivity contribution in [2.24, 2.45) is 11.3 Å². The number of carbonyl (C=O) groups is 1. The van der Waals surface area contributed by atoms with Gasteiger partial charge in [0.2, 0.25) is 0 Å². The van der Waals surface area contributed by atoms with Gasteiger partial charge in [0.15, 0.2) is 5.78 Å². The van der Waals surface area contributed by atoms with Gasteiger partial charge in [-0.05, 0) is 29.4 Å². The SMILES string of the molecule is C=C1C(=O)C=CC(C)(C)C1CCCC. The quantitative estimate of drug-likeness (QED) is 0.625. The van der Waals surface area contributed by atoms with Crippen LogP contribution in [0.2, 0.25) is 0 Å². The highest BCUT2D eigenvalue weighted by molar-refractivity contribution is 6.05. The highest BCUT2D eigenvalue weighted by Crippen LogP contribution is 2.40. The first-order chi connectivity index (χ1) is 6.49. The summed E-state index contributed by atoms with van der Waals surface area (Å²) >= 11 is 0. The van der Waals surface area contributed by atoms with Gasteiger partial charge in [0, 0.05) is 0 Å². The summed E-state index contributed by atoms with van der Waals surface area (Å²) < 4.78 is 0. The maximum Gasteiger partial charge on any atom is 0.181 e. The second kappa shape index (κ2) is 4.12. The van der Waals surface area contributed by atoms with Crippen molar-refractivity contribution in [1.29, 1.82) is 0 Å². The Morgan fingerprint density at radius 2 is 2.14 bits per heavy atom. The summed E-state index contributed by atoms with van der Waals surface area (Å²) in [5.74, 6) is 0.449. The summed E-state index contributed by atoms with van der Waals surface area (Å²) in [6.07, 6.45) is 7.14. The summed E-state index contributed by atoms with van der Waals surface area (Å²) in [6, 6.07) is 0. The smallest absolute Gasteiger partial charge is 0.181 e. The average molecular weight is 192 g/mol. The molecule has 1 atom stereocenters. The van der Waals surface area contributed by atoms with Gasteiger partial charge in [-0.2, -0.15) is 0 Å². The summed E-state index contributed by atoms with van der Waals surface area (Å²) in [7, 11) is 0. The number of carbonyl (C=O) groups excluding carboxylic acids is 1. The van der Waals surface area contributed by atoms with Crippen LogP contribution in [0.5, 0.6) is 0 Å². The van der Waals surface area contributed by atoms with Crippen LogP contribution in [-0.4, -0.2) is 5.78 Å². The van der Waals surface area contributed by atoms with E-state index in [1.165, 1.54) is 12.8 Å². The van der Waals surface area contributed by atoms with E-state index in [-0.39, 0.29) is 11.2 Å². The van der Waals surface area contributed by atoms with Crippen molar-refractivity contribution < 1.29 is 4.79 Å². The van der Waals surface area contributed by atoms with Gasteiger partial charge in [-0.1, -0.05) is 46.3 Å². The Labute approximate surface area is 86.9 Å². The van der Waals surface area contributed by atoms with Crippen LogP contribution in [0, 0.1) is 11.3 Å². The van der Waals surface area contributed by atoms with Gasteiger partial charge in [-0.3, -0.25) is 4.79 Å². The molecule has 0 N–H and O–H groups in total. The lowest BCUT2D eigenvalue weighted by atomic mass is 9.68. The molecule has 0 aromatic carbocycles. The molecule has 0 saturated carbocycles. The van der Waals surface area contributed by atoms with Crippen LogP contribution in [0.4, 0.5) is 0 Å². The van der Waals surface area contributed by atoms with Crippen LogP contribution in [0.25, 0.3) is 0 Å². The standard InChI is InChI=1S/C13H20O/c1-5-6-7-11-10(2)12(14)8-9-13(11,3)4/h8-9,11H,2,5-7H2,1,3-4H3. The predicted molar refractivity (Wildman–Crippen MR) is 60.1 cm³/mol. The molecule has 1 heteroatoms. The largest absolute Gasteiger partial charge is 0.290 e. The topological polar surface area (TPSA) is 17.1 Å². The van der Waals surface area contributed by atoms with Crippen molar-refractivity contribution in [3.63, 3.8) is 0 Å². The maximum atomic E-state index is 11.5. The minimum Gasteiger partial charge on any atom is -0.290 e. The number of allylic oxidation sites excluding steroid dienone is 3. The molecule has 78 valence electrons. The minimum atomic E-state index is 0.0974. The van der Waals surface area contributed by atoms with Gasteiger partial charge in [0.05, 0.1) is 0 Å². The van der Waals surface area contributed by atoms with Crippen molar-refractivity contribution in [2.45, 2.75) is 40.0 Å². The van der Waals surface area contributed by atoms with Crippen LogP contribution >= 0.6 is 0 Å². The first-order valence-corrected chi connectivity index (χ1v) is 5.41. The fourth-order valence-corrected chi connectivity index (χ4v) is 2.09. The Balaban J connectivity index is 2.83. The van der Waals surface area contributed by atoms with Crippen molar-refractivity contribution in [2.75, 3.05) is 0 Å². The molecule has 1 aliphatic rings. The fraction of sp³-hybridized carbons (Fsp3) is 0.615. The highest BCUT2D eigenvalue weighted by atomic mass is 16.1. The van der Waals surface area contributed by atoms with Crippen LogP contribution in [0.15, 0.2) is 24.3 Å². The lowest BCUT2D eigenvalue weighted by molar-refractivity contribution is -0.112. The van der Waals surface area contributed by atoms with Crippen LogP contribution in [-0.2, 0) is 4.79 Å². The third kappa shape index (κ3) is 2.14. The number of unbranched alkanes of at least 4 members (excludes halogenated alkanes) is 1. The Hall–Kier alpha value is -0.850. The van der Waals surface area contributed by atoms with E-state index in [0.717, 1.165) is 12.0 Å². The van der Waals surface area contributed by atoms with Crippen LogP contribution < -0.4 is 0 Å². The number of hydrogen-bond donors (Lipinski definition) is 0. The first-order valence-electron chi connectivity index (χ1n) is 5.41. The first kappa shape index (κ1) is 11.2. The Bertz CT molecular complexity index is 271. The third-order valence-electron chi connectivity index (χ3n) is 3.15. The summed E-state index contributed by atoms with van der Waals surface area (Å²) in [5, 5.41) is 0. The second-order valence-corrected chi connectivity index (χ2v) is 4.74. The van der Waals surface area contributed by atoms with E-state index in [1.807, 2.05) is 6.08 Å². The molecule has 0 heterocycles. The van der Waals surface area contributed by atoms with E-state index < -0.39 is 0 Å². The summed E-state index contributed by atoms with van der Waals surface area (Å²) in [6.45, 7) is 10.5. The van der Waals surface area contributed by atoms with Gasteiger partial charge >= 0.3 is 0 Å². The van der Waals surface area contributed by atoms with Crippen LogP contribution in [0.3, 0.4) is 0 Å². The van der Waals surface area contributed by atoms with Gasteiger partial charge < -0.3 is 0 Å². The molecular weight excluding hydrogens is 172 g/mol. The Morgan fingerprint density at radius 1 is 1.50 bits per heavy atom. The van der Waals surface area contributed by atoms with Crippen molar-refractivity contribution in [3.05, 3.63) is 24.3 Å². The van der Waals surface area contributed by atoms with Crippen molar-refractivity contribution in [3.8, 4) is 0 Å². The zero-order chi connectivity index (χ0) is 10.8. The molecular formula is C13H20O. The highest BCUT2D eigenvalue weighted by Gasteiger charge is 2.34. The van der Waals surface area contributed by atoms with Gasteiger partial charge in [0.25, 0.3) is 0 Å². The molecule has 0 bridgehead atoms. The van der Waals surface area contributed by atoms with E-state index >= 15 is 0 Å². The normalized spacial score (nSPS) is 25.5. The number of ketones is 1. The van der Waals surface area contributed by atoms with E-state index in [9.17, 15) is 4.79 Å². The van der Waals surface area contributed by atoms with Gasteiger partial charge in [-0.25, -0.2) is 0 Å². The van der Waals surface area contributed by atoms with E-state index in [2.05, 4.69) is 27.4 Å². The third-order valence-corrected chi connectivity index (χ3v) is 3.15. The molecule has 1 unspecified atom stereocenters. The molecule has 0 aromatic heterocycles. The predicted octanol–water partition coefficient (Wildman–Crippen LogP) is 3.51. The molecule has 0 amide bonds. The zero-order valence-corrected chi connectivity index (χ0v) is 9.47. The van der Waals surface area contributed by atoms with Gasteiger partial charge in [-0.15, -0.1) is 0 Å². The monoisotopic (exact) mass is 192 g/mol. The molecule has 0 aliphatic heterocycles. The lowest BCUT2D eigenvalue weighted by Crippen LogP contribution is -2.30. The van der Waals surface area contributed by atoms with Crippen LogP contribution in [0.1, 0.15) is 40.0 Å². The molecule has 14 heavy (non-hydrogen) atoms. The molecule has 0 aromatic rings. The maximum absolute atomic E-state index is 11.5. The molecule has 0 saturated heterocycles. The molecule has 1 aliphatic carbocycles. The molecule has 0 radical (unpaired) electrons. The van der Waals surface area contributed by atoms with Crippen molar-refractivity contribution in [1.82, 2.24) is 0 Å². The Morgan fingerprint density at radius 3 is 2.71 bits per heavy atom. The molecule has 1 nitrogen and oxygen atoms in total. The van der Waals surface area contributed by atoms with Gasteiger partial charge in [0.1, 0.15) is 0 Å². The molecule has 0 spiro atoms. The summed E-state index contributed by atoms with van der Waals surface area (Å²) in [5.41, 5.74) is 0.895. The molecule has 1 rings (SSSR count). The summed E-state index contributed by atoms with van der Waals surface area (Å²) in [4.78, 5) is 11.5. The van der Waals surface area contributed by atoms with E-state index in [4.69, 9.17) is 0 Å². The molecule has 0 fully saturated rings. The van der Waals surface area contributed by atoms with Crippen molar-refractivity contribution >= 4 is 5.78 Å². The van der Waals surface area contributed by atoms with E-state index in [1.54, 1.807) is 6.08 Å².